The van der Waals surface area contributed by atoms with E-state index in [0.29, 0.717) is 36.2 Å². The van der Waals surface area contributed by atoms with E-state index >= 15 is 0 Å². The molecule has 0 radical (unpaired) electrons. The lowest BCUT2D eigenvalue weighted by Gasteiger charge is -2.26. The summed E-state index contributed by atoms with van der Waals surface area (Å²) in [5, 5.41) is 16.1. The minimum atomic E-state index is -0.774. The van der Waals surface area contributed by atoms with E-state index in [9.17, 15) is 14.4 Å². The largest absolute Gasteiger partial charge is 0.481 e. The molecule has 0 unspecified atom stereocenters. The van der Waals surface area contributed by atoms with Crippen LogP contribution < -0.4 is 10.6 Å². The van der Waals surface area contributed by atoms with Gasteiger partial charge in [-0.25, -0.2) is 9.59 Å². The molecule has 0 saturated heterocycles. The lowest BCUT2D eigenvalue weighted by atomic mass is 9.86. The Balaban J connectivity index is 1.85. The van der Waals surface area contributed by atoms with Crippen molar-refractivity contribution in [3.63, 3.8) is 0 Å². The van der Waals surface area contributed by atoms with Crippen molar-refractivity contribution in [1.29, 1.82) is 0 Å². The van der Waals surface area contributed by atoms with Crippen LogP contribution in [0, 0.1) is 5.92 Å². The first-order chi connectivity index (χ1) is 10.5. The number of ether oxygens (including phenoxy) is 1. The minimum absolute atomic E-state index is 0.0455. The fourth-order valence-electron chi connectivity index (χ4n) is 2.49. The molecule has 0 bridgehead atoms. The van der Waals surface area contributed by atoms with E-state index < -0.39 is 18.0 Å². The maximum absolute atomic E-state index is 12.0. The first-order valence-corrected chi connectivity index (χ1v) is 7.85. The normalized spacial score (nSPS) is 21.0. The third-order valence-corrected chi connectivity index (χ3v) is 4.59. The Labute approximate surface area is 131 Å². The summed E-state index contributed by atoms with van der Waals surface area (Å²) < 4.78 is 4.65. The minimum Gasteiger partial charge on any atom is -0.481 e. The van der Waals surface area contributed by atoms with Gasteiger partial charge >= 0.3 is 18.0 Å². The summed E-state index contributed by atoms with van der Waals surface area (Å²) >= 11 is 1.19. The van der Waals surface area contributed by atoms with Crippen LogP contribution in [0.4, 0.5) is 10.5 Å². The number of anilines is 1. The molecule has 2 rings (SSSR count). The molecule has 1 aromatic rings. The number of hydrogen-bond donors (Lipinski definition) is 3. The Morgan fingerprint density at radius 1 is 1.27 bits per heavy atom. The number of nitrogens with one attached hydrogen (secondary N) is 2. The van der Waals surface area contributed by atoms with Gasteiger partial charge in [-0.1, -0.05) is 0 Å². The topological polar surface area (TPSA) is 105 Å². The number of esters is 1. The number of methoxy groups -OCH3 is 1. The Morgan fingerprint density at radius 2 is 1.95 bits per heavy atom. The molecule has 1 aliphatic rings. The summed E-state index contributed by atoms with van der Waals surface area (Å²) in [4.78, 5) is 34.7. The number of urea groups is 1. The molecule has 2 amide bonds. The van der Waals surface area contributed by atoms with Crippen molar-refractivity contribution in [3.05, 3.63) is 16.3 Å². The highest BCUT2D eigenvalue weighted by molar-refractivity contribution is 7.12. The number of carboxylic acid groups (broad SMARTS) is 1. The van der Waals surface area contributed by atoms with Crippen molar-refractivity contribution < 1.29 is 24.2 Å². The summed E-state index contributed by atoms with van der Waals surface area (Å²) in [5.74, 6) is -1.58. The zero-order chi connectivity index (χ0) is 16.1. The van der Waals surface area contributed by atoms with Gasteiger partial charge in [0.15, 0.2) is 0 Å². The molecule has 120 valence electrons. The van der Waals surface area contributed by atoms with Crippen molar-refractivity contribution in [1.82, 2.24) is 5.32 Å². The SMILES string of the molecule is COC(=O)c1sccc1NC(=O)NC1CCC(C(=O)O)CC1. The van der Waals surface area contributed by atoms with Gasteiger partial charge in [0.1, 0.15) is 4.88 Å². The van der Waals surface area contributed by atoms with Crippen LogP contribution in [0.25, 0.3) is 0 Å². The van der Waals surface area contributed by atoms with Crippen molar-refractivity contribution >= 4 is 35.0 Å². The fourth-order valence-corrected chi connectivity index (χ4v) is 3.25. The number of carbonyl (C=O) groups is 3. The van der Waals surface area contributed by atoms with Gasteiger partial charge in [0, 0.05) is 6.04 Å². The van der Waals surface area contributed by atoms with Gasteiger partial charge in [-0.15, -0.1) is 11.3 Å². The first-order valence-electron chi connectivity index (χ1n) is 6.97. The second-order valence-corrected chi connectivity index (χ2v) is 6.06. The summed E-state index contributed by atoms with van der Waals surface area (Å²) in [6.07, 6.45) is 2.40. The van der Waals surface area contributed by atoms with Crippen LogP contribution in [-0.4, -0.2) is 36.2 Å². The number of amides is 2. The Bertz CT molecular complexity index is 563. The number of carbonyl (C=O) groups excluding carboxylic acids is 2. The van der Waals surface area contributed by atoms with E-state index in [1.807, 2.05) is 0 Å². The highest BCUT2D eigenvalue weighted by Crippen LogP contribution is 2.25. The van der Waals surface area contributed by atoms with E-state index in [4.69, 9.17) is 5.11 Å². The first kappa shape index (κ1) is 16.3. The maximum atomic E-state index is 12.0. The summed E-state index contributed by atoms with van der Waals surface area (Å²) in [5.41, 5.74) is 0.411. The second-order valence-electron chi connectivity index (χ2n) is 5.14. The van der Waals surface area contributed by atoms with E-state index in [0.717, 1.165) is 0 Å². The quantitative estimate of drug-likeness (QED) is 0.736. The third kappa shape index (κ3) is 3.97. The van der Waals surface area contributed by atoms with Crippen LogP contribution >= 0.6 is 11.3 Å². The number of carboxylic acids is 1. The van der Waals surface area contributed by atoms with Crippen molar-refractivity contribution in [3.8, 4) is 0 Å². The van der Waals surface area contributed by atoms with Crippen LogP contribution in [0.3, 0.4) is 0 Å². The van der Waals surface area contributed by atoms with E-state index in [-0.39, 0.29) is 12.0 Å². The Kier molecular flexibility index (Phi) is 5.37. The van der Waals surface area contributed by atoms with Gasteiger partial charge in [-0.2, -0.15) is 0 Å². The molecule has 1 aromatic heterocycles. The Hall–Kier alpha value is -2.09. The van der Waals surface area contributed by atoms with E-state index in [1.54, 1.807) is 11.4 Å². The van der Waals surface area contributed by atoms with Gasteiger partial charge < -0.3 is 20.5 Å². The molecule has 7 nitrogen and oxygen atoms in total. The predicted molar refractivity (Wildman–Crippen MR) is 81.2 cm³/mol. The molecular weight excluding hydrogens is 308 g/mol. The number of thiophene rings is 1. The van der Waals surface area contributed by atoms with Crippen molar-refractivity contribution in [2.45, 2.75) is 31.7 Å². The summed E-state index contributed by atoms with van der Waals surface area (Å²) in [6.45, 7) is 0. The van der Waals surface area contributed by atoms with E-state index in [2.05, 4.69) is 15.4 Å². The molecule has 0 aliphatic heterocycles. The predicted octanol–water partition coefficient (Wildman–Crippen LogP) is 2.30. The molecule has 3 N–H and O–H groups in total. The van der Waals surface area contributed by atoms with Gasteiger partial charge in [0.2, 0.25) is 0 Å². The highest BCUT2D eigenvalue weighted by Gasteiger charge is 2.27. The molecule has 1 fully saturated rings. The summed E-state index contributed by atoms with van der Waals surface area (Å²) in [6, 6.07) is 1.19. The van der Waals surface area contributed by atoms with Crippen LogP contribution in [-0.2, 0) is 9.53 Å². The van der Waals surface area contributed by atoms with Crippen molar-refractivity contribution in [2.75, 3.05) is 12.4 Å². The molecule has 0 aromatic carbocycles. The van der Waals surface area contributed by atoms with Gasteiger partial charge in [-0.3, -0.25) is 4.79 Å². The summed E-state index contributed by atoms with van der Waals surface area (Å²) in [7, 11) is 1.28. The molecule has 0 atom stereocenters. The third-order valence-electron chi connectivity index (χ3n) is 3.70. The van der Waals surface area contributed by atoms with Crippen LogP contribution in [0.15, 0.2) is 11.4 Å². The monoisotopic (exact) mass is 326 g/mol. The van der Waals surface area contributed by atoms with Crippen molar-refractivity contribution in [2.24, 2.45) is 5.92 Å². The zero-order valence-corrected chi connectivity index (χ0v) is 12.9. The number of rotatable bonds is 4. The average Bonchev–Trinajstić information content (AvgIpc) is 2.95. The average molecular weight is 326 g/mol. The zero-order valence-electron chi connectivity index (χ0n) is 12.1. The molecule has 1 saturated carbocycles. The number of aliphatic carboxylic acids is 1. The molecule has 1 heterocycles. The number of hydrogen-bond acceptors (Lipinski definition) is 5. The fraction of sp³-hybridized carbons (Fsp3) is 0.500. The lowest BCUT2D eigenvalue weighted by Crippen LogP contribution is -2.41. The second kappa shape index (κ2) is 7.26. The maximum Gasteiger partial charge on any atom is 0.350 e. The molecule has 1 aliphatic carbocycles. The standard InChI is InChI=1S/C14H18N2O5S/c1-21-13(19)11-10(6-7-22-11)16-14(20)15-9-4-2-8(3-5-9)12(17)18/h6-9H,2-5H2,1H3,(H,17,18)(H2,15,16,20). The molecule has 8 heteroatoms. The van der Waals surface area contributed by atoms with Crippen LogP contribution in [0.2, 0.25) is 0 Å². The van der Waals surface area contributed by atoms with Gasteiger partial charge in [-0.05, 0) is 37.1 Å². The molecular formula is C14H18N2O5S. The smallest absolute Gasteiger partial charge is 0.350 e. The molecule has 0 spiro atoms. The highest BCUT2D eigenvalue weighted by atomic mass is 32.1. The van der Waals surface area contributed by atoms with Gasteiger partial charge in [0.05, 0.1) is 18.7 Å². The van der Waals surface area contributed by atoms with E-state index in [1.165, 1.54) is 18.4 Å². The van der Waals surface area contributed by atoms with Crippen LogP contribution in [0.1, 0.15) is 35.4 Å². The molecule has 22 heavy (non-hydrogen) atoms. The van der Waals surface area contributed by atoms with Crippen LogP contribution in [0.5, 0.6) is 0 Å². The van der Waals surface area contributed by atoms with Gasteiger partial charge in [0.25, 0.3) is 0 Å². The lowest BCUT2D eigenvalue weighted by molar-refractivity contribution is -0.142. The Morgan fingerprint density at radius 3 is 2.55 bits per heavy atom.